The number of carbonyl (C=O) groups excluding carboxylic acids is 1. The van der Waals surface area contributed by atoms with Gasteiger partial charge in [-0.05, 0) is 56.2 Å². The van der Waals surface area contributed by atoms with Crippen molar-refractivity contribution in [3.63, 3.8) is 0 Å². The predicted octanol–water partition coefficient (Wildman–Crippen LogP) is 3.51. The summed E-state index contributed by atoms with van der Waals surface area (Å²) in [7, 11) is 0. The molecule has 0 aliphatic carbocycles. The van der Waals surface area contributed by atoms with Crippen LogP contribution in [0.25, 0.3) is 10.9 Å². The van der Waals surface area contributed by atoms with Gasteiger partial charge >= 0.3 is 0 Å². The third kappa shape index (κ3) is 3.02. The van der Waals surface area contributed by atoms with E-state index in [-0.39, 0.29) is 11.9 Å². The van der Waals surface area contributed by atoms with Gasteiger partial charge in [-0.15, -0.1) is 0 Å². The number of hydrogen-bond donors (Lipinski definition) is 1. The molecular formula is C22H26N4O2. The van der Waals surface area contributed by atoms with Crippen molar-refractivity contribution in [2.45, 2.75) is 39.3 Å². The van der Waals surface area contributed by atoms with E-state index in [4.69, 9.17) is 4.52 Å². The van der Waals surface area contributed by atoms with Gasteiger partial charge in [-0.25, -0.2) is 0 Å². The fourth-order valence-electron chi connectivity index (χ4n) is 4.85. The van der Waals surface area contributed by atoms with E-state index in [2.05, 4.69) is 19.9 Å². The lowest BCUT2D eigenvalue weighted by atomic mass is 9.94. The van der Waals surface area contributed by atoms with Crippen molar-refractivity contribution in [1.82, 2.24) is 19.9 Å². The van der Waals surface area contributed by atoms with E-state index in [1.54, 1.807) is 0 Å². The summed E-state index contributed by atoms with van der Waals surface area (Å²) in [6.45, 7) is 7.63. The second kappa shape index (κ2) is 6.78. The molecule has 1 amide bonds. The molecule has 146 valence electrons. The molecule has 0 spiro atoms. The van der Waals surface area contributed by atoms with Gasteiger partial charge in [0.15, 0.2) is 0 Å². The number of aryl methyl sites for hydroxylation is 2. The number of rotatable bonds is 3. The highest BCUT2D eigenvalue weighted by molar-refractivity contribution is 5.98. The number of amides is 1. The van der Waals surface area contributed by atoms with Crippen LogP contribution in [0.15, 0.2) is 35.0 Å². The number of hydrogen-bond acceptors (Lipinski definition) is 4. The summed E-state index contributed by atoms with van der Waals surface area (Å²) in [6.07, 6.45) is 4.20. The van der Waals surface area contributed by atoms with Crippen molar-refractivity contribution in [1.29, 1.82) is 0 Å². The van der Waals surface area contributed by atoms with Gasteiger partial charge in [-0.3, -0.25) is 9.69 Å². The monoisotopic (exact) mass is 378 g/mol. The van der Waals surface area contributed by atoms with Crippen LogP contribution in [0, 0.1) is 19.8 Å². The first kappa shape index (κ1) is 17.5. The molecule has 0 saturated carbocycles. The van der Waals surface area contributed by atoms with E-state index in [9.17, 15) is 4.79 Å². The molecule has 2 bridgehead atoms. The normalized spacial score (nSPS) is 22.7. The molecule has 2 aromatic heterocycles. The number of fused-ring (bicyclic) bond motifs is 5. The lowest BCUT2D eigenvalue weighted by Crippen LogP contribution is -2.47. The number of aromatic amines is 1. The third-order valence-electron chi connectivity index (χ3n) is 6.41. The smallest absolute Gasteiger partial charge is 0.254 e. The Morgan fingerprint density at radius 2 is 2.11 bits per heavy atom. The van der Waals surface area contributed by atoms with Crippen LogP contribution in [0.5, 0.6) is 0 Å². The second-order valence-corrected chi connectivity index (χ2v) is 8.33. The number of benzene rings is 1. The standard InChI is InChI=1S/C22H26N4O2/c1-14-20(15(2)28-24-14)13-25-10-16-3-6-19(12-25)26(11-16)22(27)18-5-4-17-7-8-23-21(17)9-18/h4-5,7-9,16,19,23H,3,6,10-13H2,1-2H3/t16-,19+/m0/s1. The molecule has 5 heterocycles. The van der Waals surface area contributed by atoms with E-state index < -0.39 is 0 Å². The summed E-state index contributed by atoms with van der Waals surface area (Å²) in [5, 5.41) is 5.23. The third-order valence-corrected chi connectivity index (χ3v) is 6.41. The van der Waals surface area contributed by atoms with Crippen LogP contribution in [-0.2, 0) is 6.54 Å². The Hall–Kier alpha value is -2.60. The summed E-state index contributed by atoms with van der Waals surface area (Å²) < 4.78 is 5.34. The highest BCUT2D eigenvalue weighted by Gasteiger charge is 2.37. The minimum Gasteiger partial charge on any atom is -0.361 e. The lowest BCUT2D eigenvalue weighted by molar-refractivity contribution is 0.0585. The van der Waals surface area contributed by atoms with E-state index in [1.807, 2.05) is 44.3 Å². The van der Waals surface area contributed by atoms with E-state index in [1.165, 1.54) is 12.0 Å². The molecule has 1 N–H and O–H groups in total. The van der Waals surface area contributed by atoms with Crippen molar-refractivity contribution in [3.8, 4) is 0 Å². The molecule has 3 fully saturated rings. The highest BCUT2D eigenvalue weighted by Crippen LogP contribution is 2.31. The maximum absolute atomic E-state index is 13.3. The molecule has 3 saturated heterocycles. The number of nitrogens with zero attached hydrogens (tertiary/aromatic N) is 3. The number of carbonyl (C=O) groups is 1. The number of nitrogens with one attached hydrogen (secondary N) is 1. The van der Waals surface area contributed by atoms with Crippen molar-refractivity contribution >= 4 is 16.8 Å². The molecule has 6 rings (SSSR count). The predicted molar refractivity (Wildman–Crippen MR) is 107 cm³/mol. The molecule has 0 unspecified atom stereocenters. The summed E-state index contributed by atoms with van der Waals surface area (Å²) in [4.78, 5) is 21.1. The zero-order valence-corrected chi connectivity index (χ0v) is 16.4. The van der Waals surface area contributed by atoms with Gasteiger partial charge in [0, 0.05) is 55.1 Å². The largest absolute Gasteiger partial charge is 0.361 e. The molecule has 3 aromatic rings. The Morgan fingerprint density at radius 3 is 2.93 bits per heavy atom. The first-order valence-corrected chi connectivity index (χ1v) is 10.1. The fraction of sp³-hybridized carbons (Fsp3) is 0.455. The van der Waals surface area contributed by atoms with Crippen LogP contribution in [0.3, 0.4) is 0 Å². The fourth-order valence-corrected chi connectivity index (χ4v) is 4.85. The van der Waals surface area contributed by atoms with E-state index >= 15 is 0 Å². The van der Waals surface area contributed by atoms with Gasteiger partial charge in [0.05, 0.1) is 5.69 Å². The van der Waals surface area contributed by atoms with Crippen molar-refractivity contribution < 1.29 is 9.32 Å². The summed E-state index contributed by atoms with van der Waals surface area (Å²) in [5.74, 6) is 1.59. The molecule has 3 aliphatic heterocycles. The Labute approximate surface area is 164 Å². The maximum Gasteiger partial charge on any atom is 0.254 e. The minimum atomic E-state index is 0.158. The molecule has 0 radical (unpaired) electrons. The van der Waals surface area contributed by atoms with Gasteiger partial charge in [0.2, 0.25) is 0 Å². The maximum atomic E-state index is 13.3. The zero-order valence-electron chi connectivity index (χ0n) is 16.4. The summed E-state index contributed by atoms with van der Waals surface area (Å²) in [6, 6.07) is 8.27. The van der Waals surface area contributed by atoms with Crippen LogP contribution in [-0.4, -0.2) is 51.5 Å². The van der Waals surface area contributed by atoms with Crippen molar-refractivity contribution in [2.75, 3.05) is 19.6 Å². The van der Waals surface area contributed by atoms with Gasteiger partial charge in [-0.2, -0.15) is 0 Å². The van der Waals surface area contributed by atoms with Gasteiger partial charge < -0.3 is 14.4 Å². The quantitative estimate of drug-likeness (QED) is 0.757. The second-order valence-electron chi connectivity index (χ2n) is 8.33. The Morgan fingerprint density at radius 1 is 1.21 bits per heavy atom. The van der Waals surface area contributed by atoms with Gasteiger partial charge in [0.1, 0.15) is 5.76 Å². The van der Waals surface area contributed by atoms with E-state index in [0.29, 0.717) is 5.92 Å². The van der Waals surface area contributed by atoms with Crippen LogP contribution in [0.4, 0.5) is 0 Å². The van der Waals surface area contributed by atoms with Crippen LogP contribution >= 0.6 is 0 Å². The Balaban J connectivity index is 1.36. The molecular weight excluding hydrogens is 352 g/mol. The molecule has 2 atom stereocenters. The topological polar surface area (TPSA) is 65.4 Å². The Bertz CT molecular complexity index is 1000. The highest BCUT2D eigenvalue weighted by atomic mass is 16.5. The average molecular weight is 378 g/mol. The SMILES string of the molecule is Cc1noc(C)c1CN1C[C@@H]2CC[C@H](C1)N(C(=O)c1ccc3cc[nH]c3c1)C2. The number of piperidine rings is 1. The first-order valence-electron chi connectivity index (χ1n) is 10.1. The summed E-state index contributed by atoms with van der Waals surface area (Å²) >= 11 is 0. The summed E-state index contributed by atoms with van der Waals surface area (Å²) in [5.41, 5.74) is 3.96. The first-order chi connectivity index (χ1) is 13.6. The number of aromatic nitrogens is 2. The van der Waals surface area contributed by atoms with Crippen molar-refractivity contribution in [3.05, 3.63) is 53.0 Å². The molecule has 3 aliphatic rings. The van der Waals surface area contributed by atoms with Gasteiger partial charge in [-0.1, -0.05) is 11.2 Å². The Kier molecular flexibility index (Phi) is 4.23. The van der Waals surface area contributed by atoms with Crippen molar-refractivity contribution in [2.24, 2.45) is 5.92 Å². The van der Waals surface area contributed by atoms with E-state index in [0.717, 1.165) is 60.5 Å². The van der Waals surface area contributed by atoms with Gasteiger partial charge in [0.25, 0.3) is 5.91 Å². The average Bonchev–Trinajstić information content (AvgIpc) is 3.17. The number of H-pyrrole nitrogens is 1. The molecule has 28 heavy (non-hydrogen) atoms. The van der Waals surface area contributed by atoms with Crippen LogP contribution in [0.1, 0.15) is 40.2 Å². The molecule has 1 aromatic carbocycles. The molecule has 6 nitrogen and oxygen atoms in total. The zero-order chi connectivity index (χ0) is 19.3. The van der Waals surface area contributed by atoms with Crippen LogP contribution in [0.2, 0.25) is 0 Å². The molecule has 6 heteroatoms. The minimum absolute atomic E-state index is 0.158. The lowest BCUT2D eigenvalue weighted by Gasteiger charge is -2.36. The van der Waals surface area contributed by atoms with Crippen LogP contribution < -0.4 is 0 Å².